The highest BCUT2D eigenvalue weighted by molar-refractivity contribution is 6.32. The number of rotatable bonds is 7. The van der Waals surface area contributed by atoms with Gasteiger partial charge in [-0.3, -0.25) is 0 Å². The van der Waals surface area contributed by atoms with Crippen LogP contribution in [0.5, 0.6) is 0 Å². The Hall–Kier alpha value is -9.10. The van der Waals surface area contributed by atoms with Crippen molar-refractivity contribution in [3.63, 3.8) is 0 Å². The van der Waals surface area contributed by atoms with Gasteiger partial charge in [0.1, 0.15) is 0 Å². The Morgan fingerprint density at radius 3 is 1.10 bits per heavy atom. The molecule has 70 heavy (non-hydrogen) atoms. The Morgan fingerprint density at radius 1 is 0.157 bits per heavy atom. The lowest BCUT2D eigenvalue weighted by atomic mass is 9.81. The highest BCUT2D eigenvalue weighted by Crippen LogP contribution is 2.50. The third-order valence-corrected chi connectivity index (χ3v) is 14.8. The molecule has 0 radical (unpaired) electrons. The first kappa shape index (κ1) is 40.0. The zero-order chi connectivity index (χ0) is 46.1. The van der Waals surface area contributed by atoms with Gasteiger partial charge in [0.2, 0.25) is 0 Å². The lowest BCUT2D eigenvalue weighted by Crippen LogP contribution is -1.95. The van der Waals surface area contributed by atoms with Crippen molar-refractivity contribution in [2.45, 2.75) is 0 Å². The average Bonchev–Trinajstić information content (AvgIpc) is 3.44. The molecular weight excluding hydrogens is 841 g/mol. The molecule has 0 nitrogen and oxygen atoms in total. The molecule has 0 spiro atoms. The Bertz CT molecular complexity index is 4240. The minimum Gasteiger partial charge on any atom is -0.0622 e. The van der Waals surface area contributed by atoms with E-state index in [0.29, 0.717) is 0 Å². The molecule has 14 aromatic carbocycles. The van der Waals surface area contributed by atoms with Gasteiger partial charge in [-0.1, -0.05) is 243 Å². The molecule has 14 rings (SSSR count). The molecule has 0 saturated carbocycles. The van der Waals surface area contributed by atoms with Crippen molar-refractivity contribution >= 4 is 64.6 Å². The first-order valence-electron chi connectivity index (χ1n) is 24.3. The maximum Gasteiger partial charge on any atom is -0.00139 e. The summed E-state index contributed by atoms with van der Waals surface area (Å²) in [4.78, 5) is 0. The summed E-state index contributed by atoms with van der Waals surface area (Å²) in [7, 11) is 0. The summed E-state index contributed by atoms with van der Waals surface area (Å²) in [5, 5.41) is 15.1. The third-order valence-electron chi connectivity index (χ3n) is 14.8. The lowest BCUT2D eigenvalue weighted by molar-refractivity contribution is 1.60. The summed E-state index contributed by atoms with van der Waals surface area (Å²) in [5.41, 5.74) is 17.1. The van der Waals surface area contributed by atoms with Crippen molar-refractivity contribution in [1.29, 1.82) is 0 Å². The van der Waals surface area contributed by atoms with Gasteiger partial charge >= 0.3 is 0 Å². The van der Waals surface area contributed by atoms with E-state index in [9.17, 15) is 0 Å². The van der Waals surface area contributed by atoms with E-state index in [1.165, 1.54) is 143 Å². The molecule has 0 heterocycles. The van der Waals surface area contributed by atoms with Gasteiger partial charge in [0.05, 0.1) is 0 Å². The number of hydrogen-bond acceptors (Lipinski definition) is 0. The van der Waals surface area contributed by atoms with Crippen molar-refractivity contribution in [1.82, 2.24) is 0 Å². The molecule has 0 saturated heterocycles. The second-order valence-corrected chi connectivity index (χ2v) is 18.7. The standard InChI is InChI=1S/C70H44/c1-4-17-47(18-5-1)63-43-64(48-19-6-2-7-20-48)60-39-40-62-66(44-65(49-21-8-3-9-22-49)61-38-37-59(63)69(60)70(61)62)51-27-14-28-53(41-51)68-58(57-32-16-26-46-24-11-13-30-55(46)57)36-35-50-33-34-52(42-67(50)68)56-31-15-25-45-23-10-12-29-54(45)56/h1-44H. The minimum absolute atomic E-state index is 1.19. The van der Waals surface area contributed by atoms with E-state index < -0.39 is 0 Å². The maximum absolute atomic E-state index is 2.46. The summed E-state index contributed by atoms with van der Waals surface area (Å²) in [5.74, 6) is 0. The molecule has 0 atom stereocenters. The summed E-state index contributed by atoms with van der Waals surface area (Å²) in [6, 6.07) is 99.2. The van der Waals surface area contributed by atoms with Crippen molar-refractivity contribution in [3.05, 3.63) is 267 Å². The third kappa shape index (κ3) is 6.45. The largest absolute Gasteiger partial charge is 0.0622 e. The second-order valence-electron chi connectivity index (χ2n) is 18.7. The Balaban J connectivity index is 1.07. The SMILES string of the molecule is c1ccc(-c2cc(-c3ccccc3)c3ccc4c(-c5cccc(-c6c(-c7cccc8ccccc78)ccc7ccc(-c8cccc9ccccc89)cc67)c5)cc(-c5ccccc5)c5ccc2c3c54)cc1. The van der Waals surface area contributed by atoms with Crippen LogP contribution in [0.15, 0.2) is 267 Å². The van der Waals surface area contributed by atoms with Gasteiger partial charge in [0.15, 0.2) is 0 Å². The van der Waals surface area contributed by atoms with Crippen LogP contribution < -0.4 is 0 Å². The molecule has 0 fully saturated rings. The summed E-state index contributed by atoms with van der Waals surface area (Å²) >= 11 is 0. The van der Waals surface area contributed by atoms with Gasteiger partial charge in [-0.15, -0.1) is 0 Å². The van der Waals surface area contributed by atoms with Crippen LogP contribution in [0.3, 0.4) is 0 Å². The molecule has 0 aliphatic rings. The Kier molecular flexibility index (Phi) is 9.32. The lowest BCUT2D eigenvalue weighted by Gasteiger charge is -2.22. The Morgan fingerprint density at radius 2 is 0.543 bits per heavy atom. The fourth-order valence-electron chi connectivity index (χ4n) is 11.6. The fourth-order valence-corrected chi connectivity index (χ4v) is 11.6. The molecule has 0 aromatic heterocycles. The van der Waals surface area contributed by atoms with Crippen LogP contribution in [0.2, 0.25) is 0 Å². The summed E-state index contributed by atoms with van der Waals surface area (Å²) in [6.07, 6.45) is 0. The predicted octanol–water partition coefficient (Wildman–Crippen LogP) is 19.7. The molecule has 0 unspecified atom stereocenters. The second kappa shape index (κ2) is 16.3. The molecule has 0 aliphatic heterocycles. The van der Waals surface area contributed by atoms with Crippen LogP contribution in [0, 0.1) is 0 Å². The van der Waals surface area contributed by atoms with Gasteiger partial charge in [-0.05, 0) is 167 Å². The van der Waals surface area contributed by atoms with E-state index in [2.05, 4.69) is 267 Å². The van der Waals surface area contributed by atoms with Crippen molar-refractivity contribution in [2.24, 2.45) is 0 Å². The van der Waals surface area contributed by atoms with E-state index >= 15 is 0 Å². The molecule has 0 aliphatic carbocycles. The van der Waals surface area contributed by atoms with E-state index in [-0.39, 0.29) is 0 Å². The first-order valence-corrected chi connectivity index (χ1v) is 24.3. The van der Waals surface area contributed by atoms with Crippen molar-refractivity contribution in [2.75, 3.05) is 0 Å². The number of hydrogen-bond donors (Lipinski definition) is 0. The van der Waals surface area contributed by atoms with E-state index in [4.69, 9.17) is 0 Å². The van der Waals surface area contributed by atoms with Gasteiger partial charge in [0.25, 0.3) is 0 Å². The molecule has 324 valence electrons. The normalized spacial score (nSPS) is 11.7. The zero-order valence-corrected chi connectivity index (χ0v) is 38.4. The molecule has 0 N–H and O–H groups in total. The van der Waals surface area contributed by atoms with Crippen LogP contribution in [0.25, 0.3) is 143 Å². The van der Waals surface area contributed by atoms with Crippen LogP contribution in [0.4, 0.5) is 0 Å². The molecule has 0 amide bonds. The van der Waals surface area contributed by atoms with E-state index in [0.717, 1.165) is 0 Å². The van der Waals surface area contributed by atoms with Gasteiger partial charge < -0.3 is 0 Å². The van der Waals surface area contributed by atoms with Gasteiger partial charge in [0, 0.05) is 0 Å². The Labute approximate surface area is 407 Å². The first-order chi connectivity index (χ1) is 34.7. The van der Waals surface area contributed by atoms with Crippen LogP contribution in [0.1, 0.15) is 0 Å². The highest BCUT2D eigenvalue weighted by Gasteiger charge is 2.22. The molecule has 0 bridgehead atoms. The summed E-state index contributed by atoms with van der Waals surface area (Å²) < 4.78 is 0. The van der Waals surface area contributed by atoms with Gasteiger partial charge in [-0.25, -0.2) is 0 Å². The minimum atomic E-state index is 1.19. The summed E-state index contributed by atoms with van der Waals surface area (Å²) in [6.45, 7) is 0. The van der Waals surface area contributed by atoms with Crippen molar-refractivity contribution < 1.29 is 0 Å². The van der Waals surface area contributed by atoms with Crippen LogP contribution >= 0.6 is 0 Å². The molecular formula is C70H44. The monoisotopic (exact) mass is 884 g/mol. The zero-order valence-electron chi connectivity index (χ0n) is 38.4. The highest BCUT2D eigenvalue weighted by atomic mass is 14.3. The van der Waals surface area contributed by atoms with Crippen LogP contribution in [-0.2, 0) is 0 Å². The van der Waals surface area contributed by atoms with Crippen LogP contribution in [-0.4, -0.2) is 0 Å². The van der Waals surface area contributed by atoms with E-state index in [1.54, 1.807) is 0 Å². The number of fused-ring (bicyclic) bond motifs is 3. The molecule has 0 heteroatoms. The fraction of sp³-hybridized carbons (Fsp3) is 0. The van der Waals surface area contributed by atoms with E-state index in [1.807, 2.05) is 0 Å². The van der Waals surface area contributed by atoms with Gasteiger partial charge in [-0.2, -0.15) is 0 Å². The number of benzene rings is 14. The maximum atomic E-state index is 2.46. The quantitative estimate of drug-likeness (QED) is 0.140. The predicted molar refractivity (Wildman–Crippen MR) is 301 cm³/mol. The topological polar surface area (TPSA) is 0 Å². The smallest absolute Gasteiger partial charge is 0.00139 e. The van der Waals surface area contributed by atoms with Crippen molar-refractivity contribution in [3.8, 4) is 77.9 Å². The average molecular weight is 885 g/mol. The molecule has 14 aromatic rings.